The quantitative estimate of drug-likeness (QED) is 0.0962. The molecule has 0 atom stereocenters. The highest BCUT2D eigenvalue weighted by Gasteiger charge is 2.27. The summed E-state index contributed by atoms with van der Waals surface area (Å²) in [6.45, 7) is 3.32. The molecule has 4 rings (SSSR count). The monoisotopic (exact) mass is 792 g/mol. The van der Waals surface area contributed by atoms with Gasteiger partial charge in [0.15, 0.2) is 5.69 Å². The Bertz CT molecular complexity index is 1390. The number of benzene rings is 2. The number of carbonyl (C=O) groups is 1. The third-order valence-corrected chi connectivity index (χ3v) is 7.98. The largest absolute Gasteiger partial charge is 0.494 e. The maximum Gasteiger partial charge on any atom is 0.389 e. The molecule has 1 N–H and O–H groups in total. The SMILES string of the molecule is Cc1c(C(=O)NN2CCCCC2)nc(-c2ccc(Cl)cc2Cl)n1-c1ccc(OCCCC(F)(F)F)cc1.FC(F)(F)CCCI. The van der Waals surface area contributed by atoms with E-state index in [1.165, 1.54) is 0 Å². The van der Waals surface area contributed by atoms with Gasteiger partial charge in [-0.05, 0) is 79.5 Å². The van der Waals surface area contributed by atoms with Gasteiger partial charge in [0, 0.05) is 42.2 Å². The molecule has 0 saturated carbocycles. The second-order valence-electron chi connectivity index (χ2n) is 10.3. The molecule has 45 heavy (non-hydrogen) atoms. The molecule has 15 heteroatoms. The van der Waals surface area contributed by atoms with Crippen LogP contribution < -0.4 is 10.2 Å². The molecule has 0 bridgehead atoms. The van der Waals surface area contributed by atoms with Gasteiger partial charge in [0.1, 0.15) is 11.6 Å². The highest BCUT2D eigenvalue weighted by Crippen LogP contribution is 2.34. The predicted octanol–water partition coefficient (Wildman–Crippen LogP) is 9.77. The molecule has 0 aliphatic carbocycles. The van der Waals surface area contributed by atoms with Crippen molar-refractivity contribution in [1.29, 1.82) is 0 Å². The Labute approximate surface area is 281 Å². The summed E-state index contributed by atoms with van der Waals surface area (Å²) in [5, 5.41) is 2.76. The Morgan fingerprint density at radius 2 is 1.58 bits per heavy atom. The lowest BCUT2D eigenvalue weighted by molar-refractivity contribution is -0.136. The fraction of sp³-hybridized carbons (Fsp3) is 0.467. The summed E-state index contributed by atoms with van der Waals surface area (Å²) >= 11 is 14.5. The number of hydrogen-bond donors (Lipinski definition) is 1. The number of alkyl halides is 7. The van der Waals surface area contributed by atoms with E-state index < -0.39 is 25.2 Å². The summed E-state index contributed by atoms with van der Waals surface area (Å²) in [6, 6.07) is 11.9. The normalized spacial score (nSPS) is 14.1. The molecular weight excluding hydrogens is 760 g/mol. The van der Waals surface area contributed by atoms with Gasteiger partial charge in [0.25, 0.3) is 5.91 Å². The lowest BCUT2D eigenvalue weighted by Gasteiger charge is -2.26. The maximum atomic E-state index is 13.2. The predicted molar refractivity (Wildman–Crippen MR) is 172 cm³/mol. The first-order chi connectivity index (χ1) is 21.2. The minimum Gasteiger partial charge on any atom is -0.494 e. The highest BCUT2D eigenvalue weighted by molar-refractivity contribution is 14.1. The minimum atomic E-state index is -4.20. The second-order valence-corrected chi connectivity index (χ2v) is 12.2. The number of amides is 1. The first-order valence-corrected chi connectivity index (χ1v) is 16.5. The van der Waals surface area contributed by atoms with Gasteiger partial charge in [0.05, 0.1) is 17.3 Å². The summed E-state index contributed by atoms with van der Waals surface area (Å²) in [5.41, 5.74) is 5.11. The summed E-state index contributed by atoms with van der Waals surface area (Å²) in [6.07, 6.45) is -6.41. The standard InChI is InChI=1S/C26H27Cl2F3N4O2.C4H6F3I/c1-17-23(25(36)33-34-13-3-2-4-14-34)32-24(21-11-6-18(27)16-22(21)28)35(17)19-7-9-20(10-8-19)37-15-5-12-26(29,30)31;5-4(6,7)2-1-3-8/h6-11,16H,2-5,12-15H2,1H3,(H,33,36);1-3H2. The maximum absolute atomic E-state index is 13.2. The molecule has 1 aliphatic heterocycles. The zero-order valence-electron chi connectivity index (χ0n) is 24.4. The third kappa shape index (κ3) is 12.1. The Kier molecular flexibility index (Phi) is 14.1. The molecule has 0 spiro atoms. The van der Waals surface area contributed by atoms with Gasteiger partial charge in [-0.15, -0.1) is 0 Å². The molecule has 6 nitrogen and oxygen atoms in total. The lowest BCUT2D eigenvalue weighted by atomic mass is 10.2. The number of halogens is 9. The number of aromatic nitrogens is 2. The van der Waals surface area contributed by atoms with Crippen LogP contribution in [0.4, 0.5) is 26.3 Å². The van der Waals surface area contributed by atoms with Gasteiger partial charge < -0.3 is 4.74 Å². The number of hydrazine groups is 1. The van der Waals surface area contributed by atoms with Crippen LogP contribution in [0.3, 0.4) is 0 Å². The number of nitrogens with zero attached hydrogens (tertiary/aromatic N) is 3. The average Bonchev–Trinajstić information content (AvgIpc) is 3.31. The average molecular weight is 793 g/mol. The topological polar surface area (TPSA) is 59.4 Å². The summed E-state index contributed by atoms with van der Waals surface area (Å²) in [4.78, 5) is 17.9. The highest BCUT2D eigenvalue weighted by atomic mass is 127. The van der Waals surface area contributed by atoms with Crippen molar-refractivity contribution >= 4 is 51.7 Å². The Morgan fingerprint density at radius 3 is 2.13 bits per heavy atom. The van der Waals surface area contributed by atoms with E-state index in [0.29, 0.717) is 43.0 Å². The van der Waals surface area contributed by atoms with Crippen molar-refractivity contribution in [1.82, 2.24) is 20.0 Å². The van der Waals surface area contributed by atoms with Crippen LogP contribution in [0, 0.1) is 6.92 Å². The van der Waals surface area contributed by atoms with Gasteiger partial charge in [0.2, 0.25) is 0 Å². The van der Waals surface area contributed by atoms with E-state index in [2.05, 4.69) is 10.4 Å². The molecule has 1 aliphatic rings. The molecule has 3 aromatic rings. The van der Waals surface area contributed by atoms with E-state index in [-0.39, 0.29) is 31.0 Å². The van der Waals surface area contributed by atoms with Gasteiger partial charge in [-0.25, -0.2) is 9.99 Å². The number of piperidine rings is 1. The molecule has 2 heterocycles. The van der Waals surface area contributed by atoms with Crippen LogP contribution in [0.2, 0.25) is 10.0 Å². The summed E-state index contributed by atoms with van der Waals surface area (Å²) in [5.74, 6) is 0.591. The molecule has 0 unspecified atom stereocenters. The van der Waals surface area contributed by atoms with Gasteiger partial charge >= 0.3 is 12.4 Å². The molecular formula is C30H33Cl2F6IN4O2. The summed E-state index contributed by atoms with van der Waals surface area (Å²) < 4.78 is 78.7. The number of hydrogen-bond acceptors (Lipinski definition) is 4. The molecule has 0 radical (unpaired) electrons. The number of carbonyl (C=O) groups excluding carboxylic acids is 1. The van der Waals surface area contributed by atoms with Gasteiger partial charge in [-0.1, -0.05) is 52.2 Å². The van der Waals surface area contributed by atoms with Crippen molar-refractivity contribution in [2.75, 3.05) is 24.1 Å². The summed E-state index contributed by atoms with van der Waals surface area (Å²) in [7, 11) is 0. The van der Waals surface area contributed by atoms with E-state index in [4.69, 9.17) is 27.9 Å². The minimum absolute atomic E-state index is 0.0462. The van der Waals surface area contributed by atoms with Crippen molar-refractivity contribution < 1.29 is 35.9 Å². The van der Waals surface area contributed by atoms with Crippen LogP contribution in [0.25, 0.3) is 17.1 Å². The van der Waals surface area contributed by atoms with E-state index in [1.54, 1.807) is 49.4 Å². The van der Waals surface area contributed by atoms with E-state index in [9.17, 15) is 31.1 Å². The van der Waals surface area contributed by atoms with E-state index in [1.807, 2.05) is 32.2 Å². The molecule has 1 aromatic heterocycles. The van der Waals surface area contributed by atoms with Crippen molar-refractivity contribution in [2.24, 2.45) is 0 Å². The zero-order valence-corrected chi connectivity index (χ0v) is 28.0. The zero-order chi connectivity index (χ0) is 33.2. The molecule has 248 valence electrons. The molecule has 1 fully saturated rings. The fourth-order valence-corrected chi connectivity index (χ4v) is 5.38. The lowest BCUT2D eigenvalue weighted by Crippen LogP contribution is -2.45. The molecule has 2 aromatic carbocycles. The molecule has 1 amide bonds. The van der Waals surface area contributed by atoms with E-state index >= 15 is 0 Å². The van der Waals surface area contributed by atoms with Crippen LogP contribution in [-0.4, -0.2) is 56.9 Å². The first-order valence-electron chi connectivity index (χ1n) is 14.2. The van der Waals surface area contributed by atoms with Crippen LogP contribution in [0.5, 0.6) is 5.75 Å². The van der Waals surface area contributed by atoms with Crippen LogP contribution in [-0.2, 0) is 0 Å². The van der Waals surface area contributed by atoms with Crippen LogP contribution >= 0.6 is 45.8 Å². The van der Waals surface area contributed by atoms with Crippen molar-refractivity contribution in [3.8, 4) is 22.8 Å². The van der Waals surface area contributed by atoms with Crippen molar-refractivity contribution in [2.45, 2.75) is 64.2 Å². The number of ether oxygens (including phenoxy) is 1. The Morgan fingerprint density at radius 1 is 0.956 bits per heavy atom. The molecule has 1 saturated heterocycles. The van der Waals surface area contributed by atoms with Gasteiger partial charge in [-0.2, -0.15) is 26.3 Å². The third-order valence-electron chi connectivity index (χ3n) is 6.67. The second kappa shape index (κ2) is 17.1. The van der Waals surface area contributed by atoms with Crippen molar-refractivity contribution in [3.05, 3.63) is 63.9 Å². The Balaban J connectivity index is 0.000000610. The van der Waals surface area contributed by atoms with E-state index in [0.717, 1.165) is 32.4 Å². The number of rotatable bonds is 10. The smallest absolute Gasteiger partial charge is 0.389 e. The Hall–Kier alpha value is -2.23. The van der Waals surface area contributed by atoms with Crippen molar-refractivity contribution in [3.63, 3.8) is 0 Å². The number of imidazole rings is 1. The first kappa shape index (κ1) is 37.2. The number of nitrogens with one attached hydrogen (secondary N) is 1. The van der Waals surface area contributed by atoms with Gasteiger partial charge in [-0.3, -0.25) is 14.8 Å². The fourth-order valence-electron chi connectivity index (χ4n) is 4.51. The van der Waals surface area contributed by atoms with Crippen LogP contribution in [0.1, 0.15) is 61.1 Å². The van der Waals surface area contributed by atoms with Crippen LogP contribution in [0.15, 0.2) is 42.5 Å².